The number of anilines is 2. The molecule has 0 spiro atoms. The molecule has 2 amide bonds. The maximum absolute atomic E-state index is 12.7. The van der Waals surface area contributed by atoms with Gasteiger partial charge in [-0.2, -0.15) is 0 Å². The van der Waals surface area contributed by atoms with Crippen molar-refractivity contribution in [2.45, 2.75) is 0 Å². The summed E-state index contributed by atoms with van der Waals surface area (Å²) < 4.78 is 10.3. The SMILES string of the molecule is CNC(=O)COC(=O)c1cnc2ccc(C(=O)NC)cc2c1Nc1ccc(OC)cc1. The molecule has 1 aromatic heterocycles. The number of fused-ring (bicyclic) bond motifs is 1. The van der Waals surface area contributed by atoms with Crippen molar-refractivity contribution in [3.8, 4) is 5.75 Å². The Kier molecular flexibility index (Phi) is 6.66. The highest BCUT2D eigenvalue weighted by Crippen LogP contribution is 2.31. The van der Waals surface area contributed by atoms with Gasteiger partial charge in [-0.3, -0.25) is 14.6 Å². The quantitative estimate of drug-likeness (QED) is 0.500. The first-order valence-corrected chi connectivity index (χ1v) is 9.40. The average molecular weight is 422 g/mol. The van der Waals surface area contributed by atoms with Crippen LogP contribution in [0.3, 0.4) is 0 Å². The van der Waals surface area contributed by atoms with E-state index in [1.807, 2.05) is 0 Å². The lowest BCUT2D eigenvalue weighted by Gasteiger charge is -2.15. The third kappa shape index (κ3) is 4.89. The molecule has 31 heavy (non-hydrogen) atoms. The molecule has 3 rings (SSSR count). The van der Waals surface area contributed by atoms with Crippen LogP contribution in [-0.2, 0) is 9.53 Å². The Morgan fingerprint density at radius 3 is 2.39 bits per heavy atom. The van der Waals surface area contributed by atoms with Crippen LogP contribution in [0, 0.1) is 0 Å². The normalized spacial score (nSPS) is 10.3. The van der Waals surface area contributed by atoms with Crippen molar-refractivity contribution < 1.29 is 23.9 Å². The van der Waals surface area contributed by atoms with E-state index in [1.54, 1.807) is 49.6 Å². The number of carbonyl (C=O) groups is 3. The van der Waals surface area contributed by atoms with E-state index in [-0.39, 0.29) is 11.5 Å². The van der Waals surface area contributed by atoms with Crippen LogP contribution in [0.15, 0.2) is 48.7 Å². The summed E-state index contributed by atoms with van der Waals surface area (Å²) in [5.41, 5.74) is 2.19. The molecule has 9 heteroatoms. The van der Waals surface area contributed by atoms with Gasteiger partial charge in [0, 0.05) is 36.9 Å². The number of pyridine rings is 1. The predicted molar refractivity (Wildman–Crippen MR) is 116 cm³/mol. The molecule has 0 aliphatic heterocycles. The first-order chi connectivity index (χ1) is 15.0. The number of benzene rings is 2. The summed E-state index contributed by atoms with van der Waals surface area (Å²) in [6, 6.07) is 12.1. The van der Waals surface area contributed by atoms with Crippen LogP contribution in [0.5, 0.6) is 5.75 Å². The molecule has 3 aromatic rings. The van der Waals surface area contributed by atoms with Crippen molar-refractivity contribution in [2.24, 2.45) is 0 Å². The minimum Gasteiger partial charge on any atom is -0.497 e. The first kappa shape index (κ1) is 21.6. The van der Waals surface area contributed by atoms with Gasteiger partial charge >= 0.3 is 5.97 Å². The van der Waals surface area contributed by atoms with Crippen molar-refractivity contribution in [1.82, 2.24) is 15.6 Å². The van der Waals surface area contributed by atoms with E-state index in [9.17, 15) is 14.4 Å². The van der Waals surface area contributed by atoms with Crippen molar-refractivity contribution in [2.75, 3.05) is 33.1 Å². The summed E-state index contributed by atoms with van der Waals surface area (Å²) in [6.45, 7) is -0.423. The highest BCUT2D eigenvalue weighted by atomic mass is 16.5. The molecule has 0 saturated carbocycles. The van der Waals surface area contributed by atoms with E-state index >= 15 is 0 Å². The van der Waals surface area contributed by atoms with Gasteiger partial charge in [0.2, 0.25) is 0 Å². The molecule has 0 bridgehead atoms. The van der Waals surface area contributed by atoms with Crippen LogP contribution in [0.25, 0.3) is 10.9 Å². The van der Waals surface area contributed by atoms with Gasteiger partial charge in [0.25, 0.3) is 11.8 Å². The highest BCUT2D eigenvalue weighted by molar-refractivity contribution is 6.08. The number of ether oxygens (including phenoxy) is 2. The second-order valence-corrected chi connectivity index (χ2v) is 6.46. The number of nitrogens with zero attached hydrogens (tertiary/aromatic N) is 1. The van der Waals surface area contributed by atoms with Crippen molar-refractivity contribution in [3.05, 3.63) is 59.8 Å². The van der Waals surface area contributed by atoms with Gasteiger partial charge in [0.15, 0.2) is 6.61 Å². The van der Waals surface area contributed by atoms with E-state index in [4.69, 9.17) is 9.47 Å². The smallest absolute Gasteiger partial charge is 0.342 e. The molecule has 0 aliphatic rings. The molecule has 160 valence electrons. The molecule has 0 fully saturated rings. The Morgan fingerprint density at radius 1 is 1.00 bits per heavy atom. The van der Waals surface area contributed by atoms with E-state index in [0.29, 0.717) is 33.6 Å². The number of hydrogen-bond acceptors (Lipinski definition) is 7. The van der Waals surface area contributed by atoms with Crippen LogP contribution < -0.4 is 20.7 Å². The number of nitrogens with one attached hydrogen (secondary N) is 3. The fraction of sp³-hybridized carbons (Fsp3) is 0.182. The van der Waals surface area contributed by atoms with Gasteiger partial charge < -0.3 is 25.4 Å². The van der Waals surface area contributed by atoms with Gasteiger partial charge in [-0.05, 0) is 42.5 Å². The molecular weight excluding hydrogens is 400 g/mol. The molecule has 2 aromatic carbocycles. The Morgan fingerprint density at radius 2 is 1.74 bits per heavy atom. The molecular formula is C22H22N4O5. The van der Waals surface area contributed by atoms with Gasteiger partial charge in [0.05, 0.1) is 18.3 Å². The predicted octanol–water partition coefficient (Wildman–Crippen LogP) is 2.25. The second-order valence-electron chi connectivity index (χ2n) is 6.46. The molecule has 0 aliphatic carbocycles. The van der Waals surface area contributed by atoms with E-state index in [1.165, 1.54) is 20.3 Å². The number of aromatic nitrogens is 1. The number of rotatable bonds is 7. The lowest BCUT2D eigenvalue weighted by Crippen LogP contribution is -2.25. The Hall–Kier alpha value is -4.14. The van der Waals surface area contributed by atoms with Gasteiger partial charge in [-0.15, -0.1) is 0 Å². The van der Waals surface area contributed by atoms with Crippen LogP contribution in [0.2, 0.25) is 0 Å². The zero-order valence-electron chi connectivity index (χ0n) is 17.3. The monoisotopic (exact) mass is 422 g/mol. The van der Waals surface area contributed by atoms with Crippen LogP contribution in [-0.4, -0.2) is 50.6 Å². The van der Waals surface area contributed by atoms with E-state index in [0.717, 1.165) is 0 Å². The minimum atomic E-state index is -0.723. The van der Waals surface area contributed by atoms with Crippen LogP contribution >= 0.6 is 0 Å². The van der Waals surface area contributed by atoms with E-state index in [2.05, 4.69) is 20.9 Å². The summed E-state index contributed by atoms with van der Waals surface area (Å²) in [5, 5.41) is 8.72. The van der Waals surface area contributed by atoms with Crippen molar-refractivity contribution >= 4 is 40.1 Å². The van der Waals surface area contributed by atoms with Crippen LogP contribution in [0.1, 0.15) is 20.7 Å². The lowest BCUT2D eigenvalue weighted by molar-refractivity contribution is -0.123. The number of amides is 2. The molecule has 1 heterocycles. The second kappa shape index (κ2) is 9.57. The molecule has 9 nitrogen and oxygen atoms in total. The third-order valence-corrected chi connectivity index (χ3v) is 4.55. The highest BCUT2D eigenvalue weighted by Gasteiger charge is 2.19. The Labute approximate surface area is 178 Å². The Balaban J connectivity index is 2.09. The molecule has 0 atom stereocenters. The topological polar surface area (TPSA) is 119 Å². The fourth-order valence-electron chi connectivity index (χ4n) is 2.87. The Bertz CT molecular complexity index is 1130. The number of hydrogen-bond donors (Lipinski definition) is 3. The fourth-order valence-corrected chi connectivity index (χ4v) is 2.87. The molecule has 0 saturated heterocycles. The van der Waals surface area contributed by atoms with E-state index < -0.39 is 18.5 Å². The summed E-state index contributed by atoms with van der Waals surface area (Å²) in [4.78, 5) is 40.6. The molecule has 0 radical (unpaired) electrons. The maximum Gasteiger partial charge on any atom is 0.342 e. The lowest BCUT2D eigenvalue weighted by atomic mass is 10.1. The standard InChI is InChI=1S/C22H22N4O5/c1-23-19(27)12-31-22(29)17-11-25-18-9-4-13(21(28)24-2)10-16(18)20(17)26-14-5-7-15(30-3)8-6-14/h4-11H,12H2,1-3H3,(H,23,27)(H,24,28)(H,25,26). The summed E-state index contributed by atoms with van der Waals surface area (Å²) in [6.07, 6.45) is 1.37. The number of methoxy groups -OCH3 is 1. The third-order valence-electron chi connectivity index (χ3n) is 4.55. The minimum absolute atomic E-state index is 0.126. The van der Waals surface area contributed by atoms with Gasteiger partial charge in [-0.25, -0.2) is 4.79 Å². The van der Waals surface area contributed by atoms with Gasteiger partial charge in [0.1, 0.15) is 11.3 Å². The summed E-state index contributed by atoms with van der Waals surface area (Å²) >= 11 is 0. The summed E-state index contributed by atoms with van der Waals surface area (Å²) in [7, 11) is 4.55. The number of esters is 1. The van der Waals surface area contributed by atoms with Crippen molar-refractivity contribution in [3.63, 3.8) is 0 Å². The average Bonchev–Trinajstić information content (AvgIpc) is 2.82. The largest absolute Gasteiger partial charge is 0.497 e. The van der Waals surface area contributed by atoms with Crippen molar-refractivity contribution in [1.29, 1.82) is 0 Å². The first-order valence-electron chi connectivity index (χ1n) is 9.40. The summed E-state index contributed by atoms with van der Waals surface area (Å²) in [5.74, 6) is -0.754. The zero-order valence-corrected chi connectivity index (χ0v) is 17.3. The maximum atomic E-state index is 12.7. The van der Waals surface area contributed by atoms with Crippen LogP contribution in [0.4, 0.5) is 11.4 Å². The molecule has 0 unspecified atom stereocenters. The van der Waals surface area contributed by atoms with Gasteiger partial charge in [-0.1, -0.05) is 0 Å². The molecule has 3 N–H and O–H groups in total. The number of carbonyl (C=O) groups excluding carboxylic acids is 3. The number of likely N-dealkylation sites (N-methyl/N-ethyl adjacent to an activating group) is 1. The zero-order chi connectivity index (χ0) is 22.4.